The molecule has 0 spiro atoms. The van der Waals surface area contributed by atoms with Crippen LogP contribution < -0.4 is 5.32 Å². The summed E-state index contributed by atoms with van der Waals surface area (Å²) in [5.41, 5.74) is 0.491. The van der Waals surface area contributed by atoms with Gasteiger partial charge in [0.2, 0.25) is 0 Å². The smallest absolute Gasteiger partial charge is 0.0163 e. The van der Waals surface area contributed by atoms with E-state index in [4.69, 9.17) is 0 Å². The molecule has 1 aliphatic heterocycles. The van der Waals surface area contributed by atoms with Crippen molar-refractivity contribution >= 4 is 0 Å². The first-order valence-corrected chi connectivity index (χ1v) is 6.83. The van der Waals surface area contributed by atoms with E-state index < -0.39 is 0 Å². The Balaban J connectivity index is 2.40. The van der Waals surface area contributed by atoms with E-state index in [1.807, 2.05) is 0 Å². The maximum atomic E-state index is 3.33. The van der Waals surface area contributed by atoms with Crippen molar-refractivity contribution in [3.63, 3.8) is 0 Å². The van der Waals surface area contributed by atoms with Crippen LogP contribution in [0.15, 0.2) is 0 Å². The first-order chi connectivity index (χ1) is 7.43. The number of likely N-dealkylation sites (tertiary alicyclic amines) is 1. The molecule has 0 amide bonds. The second-order valence-electron chi connectivity index (χ2n) is 6.48. The van der Waals surface area contributed by atoms with Crippen LogP contribution in [0.1, 0.15) is 47.0 Å². The van der Waals surface area contributed by atoms with Gasteiger partial charge >= 0.3 is 0 Å². The molecule has 2 atom stereocenters. The molecule has 0 aliphatic carbocycles. The zero-order valence-electron chi connectivity index (χ0n) is 11.8. The van der Waals surface area contributed by atoms with Crippen LogP contribution in [-0.2, 0) is 0 Å². The second kappa shape index (κ2) is 6.02. The predicted octanol–water partition coefficient (Wildman–Crippen LogP) is 2.74. The summed E-state index contributed by atoms with van der Waals surface area (Å²) in [6.45, 7) is 13.2. The molecule has 2 unspecified atom stereocenters. The molecule has 2 nitrogen and oxygen atoms in total. The van der Waals surface area contributed by atoms with Crippen LogP contribution in [0.2, 0.25) is 0 Å². The van der Waals surface area contributed by atoms with E-state index in [0.717, 1.165) is 5.92 Å². The molecular formula is C14H30N2. The lowest BCUT2D eigenvalue weighted by molar-refractivity contribution is 0.204. The van der Waals surface area contributed by atoms with Gasteiger partial charge in [-0.2, -0.15) is 0 Å². The van der Waals surface area contributed by atoms with Gasteiger partial charge in [-0.05, 0) is 57.7 Å². The number of hydrogen-bond donors (Lipinski definition) is 1. The highest BCUT2D eigenvalue weighted by molar-refractivity contribution is 4.79. The van der Waals surface area contributed by atoms with Crippen molar-refractivity contribution in [3.05, 3.63) is 0 Å². The van der Waals surface area contributed by atoms with Crippen LogP contribution in [0.4, 0.5) is 0 Å². The summed E-state index contributed by atoms with van der Waals surface area (Å²) >= 11 is 0. The lowest BCUT2D eigenvalue weighted by atomic mass is 9.77. The number of likely N-dealkylation sites (N-methyl/N-ethyl adjacent to an activating group) is 1. The van der Waals surface area contributed by atoms with Crippen molar-refractivity contribution in [2.45, 2.75) is 53.0 Å². The first kappa shape index (κ1) is 14.0. The van der Waals surface area contributed by atoms with Gasteiger partial charge in [-0.1, -0.05) is 20.8 Å². The van der Waals surface area contributed by atoms with Gasteiger partial charge in [0.1, 0.15) is 0 Å². The van der Waals surface area contributed by atoms with Gasteiger partial charge in [0.15, 0.2) is 0 Å². The van der Waals surface area contributed by atoms with Gasteiger partial charge in [-0.3, -0.25) is 0 Å². The topological polar surface area (TPSA) is 15.3 Å². The highest BCUT2D eigenvalue weighted by Crippen LogP contribution is 2.34. The summed E-state index contributed by atoms with van der Waals surface area (Å²) in [6, 6.07) is 0.617. The predicted molar refractivity (Wildman–Crippen MR) is 71.8 cm³/mol. The summed E-state index contributed by atoms with van der Waals surface area (Å²) in [4.78, 5) is 2.63. The van der Waals surface area contributed by atoms with E-state index >= 15 is 0 Å². The van der Waals surface area contributed by atoms with E-state index in [-0.39, 0.29) is 0 Å². The molecule has 1 N–H and O–H groups in total. The molecule has 16 heavy (non-hydrogen) atoms. The summed E-state index contributed by atoms with van der Waals surface area (Å²) in [5, 5.41) is 3.33. The van der Waals surface area contributed by atoms with Crippen LogP contribution in [0.3, 0.4) is 0 Å². The fourth-order valence-corrected chi connectivity index (χ4v) is 2.68. The van der Waals surface area contributed by atoms with Crippen molar-refractivity contribution in [1.82, 2.24) is 10.2 Å². The molecule has 96 valence electrons. The van der Waals surface area contributed by atoms with E-state index in [9.17, 15) is 0 Å². The molecule has 0 bridgehead atoms. The Bertz CT molecular complexity index is 195. The minimum absolute atomic E-state index is 0.491. The normalized spacial score (nSPS) is 26.4. The highest BCUT2D eigenvalue weighted by atomic mass is 15.1. The van der Waals surface area contributed by atoms with Crippen molar-refractivity contribution < 1.29 is 0 Å². The van der Waals surface area contributed by atoms with Crippen molar-refractivity contribution in [3.8, 4) is 0 Å². The molecule has 0 aromatic carbocycles. The Labute approximate surface area is 102 Å². The number of nitrogens with zero attached hydrogens (tertiary/aromatic N) is 1. The fourth-order valence-electron chi connectivity index (χ4n) is 2.68. The molecule has 1 fully saturated rings. The zero-order chi connectivity index (χ0) is 12.2. The van der Waals surface area contributed by atoms with E-state index in [0.29, 0.717) is 11.5 Å². The van der Waals surface area contributed by atoms with E-state index in [1.54, 1.807) is 0 Å². The third kappa shape index (κ3) is 4.42. The summed E-state index contributed by atoms with van der Waals surface area (Å²) in [5.74, 6) is 0.905. The second-order valence-corrected chi connectivity index (χ2v) is 6.48. The zero-order valence-corrected chi connectivity index (χ0v) is 11.8. The molecule has 1 aliphatic rings. The summed E-state index contributed by atoms with van der Waals surface area (Å²) < 4.78 is 0. The van der Waals surface area contributed by atoms with Crippen LogP contribution in [-0.4, -0.2) is 37.6 Å². The van der Waals surface area contributed by atoms with Gasteiger partial charge in [0, 0.05) is 12.6 Å². The lowest BCUT2D eigenvalue weighted by Crippen LogP contribution is -2.38. The van der Waals surface area contributed by atoms with E-state index in [1.165, 1.54) is 38.9 Å². The summed E-state index contributed by atoms with van der Waals surface area (Å²) in [7, 11) is 2.06. The monoisotopic (exact) mass is 226 g/mol. The minimum atomic E-state index is 0.491. The molecule has 0 aromatic rings. The molecule has 1 heterocycles. The Morgan fingerprint density at radius 1 is 1.25 bits per heavy atom. The average Bonchev–Trinajstić information content (AvgIpc) is 2.42. The van der Waals surface area contributed by atoms with Crippen LogP contribution >= 0.6 is 0 Å². The SMILES string of the molecule is CNC(C)CN1CCCC(C(C)(C)C)CC1. The van der Waals surface area contributed by atoms with Crippen molar-refractivity contribution in [2.24, 2.45) is 11.3 Å². The Morgan fingerprint density at radius 2 is 1.94 bits per heavy atom. The van der Waals surface area contributed by atoms with Gasteiger partial charge in [-0.25, -0.2) is 0 Å². The van der Waals surface area contributed by atoms with E-state index in [2.05, 4.69) is 45.0 Å². The number of hydrogen-bond acceptors (Lipinski definition) is 2. The first-order valence-electron chi connectivity index (χ1n) is 6.83. The van der Waals surface area contributed by atoms with Gasteiger partial charge in [0.25, 0.3) is 0 Å². The fraction of sp³-hybridized carbons (Fsp3) is 1.00. The van der Waals surface area contributed by atoms with Gasteiger partial charge in [0.05, 0.1) is 0 Å². The molecule has 1 rings (SSSR count). The number of nitrogens with one attached hydrogen (secondary N) is 1. The molecular weight excluding hydrogens is 196 g/mol. The van der Waals surface area contributed by atoms with Crippen LogP contribution in [0.5, 0.6) is 0 Å². The Morgan fingerprint density at radius 3 is 2.50 bits per heavy atom. The minimum Gasteiger partial charge on any atom is -0.316 e. The third-order valence-corrected chi connectivity index (χ3v) is 4.07. The maximum Gasteiger partial charge on any atom is 0.0163 e. The molecule has 2 heteroatoms. The van der Waals surface area contributed by atoms with Crippen molar-refractivity contribution in [2.75, 3.05) is 26.7 Å². The maximum absolute atomic E-state index is 3.33. The molecule has 0 saturated carbocycles. The Kier molecular flexibility index (Phi) is 5.26. The Hall–Kier alpha value is -0.0800. The molecule has 1 saturated heterocycles. The quantitative estimate of drug-likeness (QED) is 0.796. The van der Waals surface area contributed by atoms with Crippen LogP contribution in [0, 0.1) is 11.3 Å². The number of rotatable bonds is 3. The molecule has 0 radical (unpaired) electrons. The standard InChI is InChI=1S/C14H30N2/c1-12(15-5)11-16-9-6-7-13(8-10-16)14(2,3)4/h12-13,15H,6-11H2,1-5H3. The highest BCUT2D eigenvalue weighted by Gasteiger charge is 2.27. The largest absolute Gasteiger partial charge is 0.316 e. The van der Waals surface area contributed by atoms with Crippen LogP contribution in [0.25, 0.3) is 0 Å². The molecule has 0 aromatic heterocycles. The lowest BCUT2D eigenvalue weighted by Gasteiger charge is -2.30. The third-order valence-electron chi connectivity index (χ3n) is 4.07. The average molecular weight is 226 g/mol. The van der Waals surface area contributed by atoms with Crippen molar-refractivity contribution in [1.29, 1.82) is 0 Å². The summed E-state index contributed by atoms with van der Waals surface area (Å²) in [6.07, 6.45) is 4.16. The van der Waals surface area contributed by atoms with Gasteiger partial charge in [-0.15, -0.1) is 0 Å². The van der Waals surface area contributed by atoms with Gasteiger partial charge < -0.3 is 10.2 Å².